The Bertz CT molecular complexity index is 391. The summed E-state index contributed by atoms with van der Waals surface area (Å²) in [6.45, 7) is 4.69. The molecule has 0 heterocycles. The molecular formula is C20H33Cl2NO. The standard InChI is InChI=1S/C20H33Cl2NO/c1-2-3-4-5-6-7-8-9-18-24-20-12-10-19(11-13-20)23(16-14-21)17-15-22/h10-13H,2-9,14-18H2,1H3. The molecule has 0 bridgehead atoms. The van der Waals surface area contributed by atoms with Crippen molar-refractivity contribution >= 4 is 28.9 Å². The molecule has 0 N–H and O–H groups in total. The normalized spacial score (nSPS) is 10.8. The minimum absolute atomic E-state index is 0.605. The SMILES string of the molecule is CCCCCCCCCCOc1ccc(N(CCCl)CCCl)cc1. The van der Waals surface area contributed by atoms with Crippen LogP contribution in [-0.4, -0.2) is 31.5 Å². The Hall–Kier alpha value is -0.600. The first kappa shape index (κ1) is 21.4. The van der Waals surface area contributed by atoms with Crippen molar-refractivity contribution in [3.63, 3.8) is 0 Å². The molecule has 4 heteroatoms. The molecule has 0 radical (unpaired) electrons. The third-order valence-electron chi connectivity index (χ3n) is 4.18. The van der Waals surface area contributed by atoms with Crippen molar-refractivity contribution in [3.8, 4) is 5.75 Å². The van der Waals surface area contributed by atoms with E-state index in [1.54, 1.807) is 0 Å². The predicted molar refractivity (Wildman–Crippen MR) is 108 cm³/mol. The summed E-state index contributed by atoms with van der Waals surface area (Å²) < 4.78 is 5.84. The second-order valence-corrected chi connectivity index (χ2v) is 6.94. The van der Waals surface area contributed by atoms with Gasteiger partial charge in [-0.3, -0.25) is 0 Å². The molecule has 0 fully saturated rings. The number of rotatable bonds is 15. The molecule has 0 saturated heterocycles. The first-order valence-corrected chi connectivity index (χ1v) is 10.5. The van der Waals surface area contributed by atoms with E-state index in [9.17, 15) is 0 Å². The first-order valence-electron chi connectivity index (χ1n) is 9.41. The van der Waals surface area contributed by atoms with Gasteiger partial charge in [0, 0.05) is 30.5 Å². The van der Waals surface area contributed by atoms with Gasteiger partial charge in [-0.15, -0.1) is 23.2 Å². The van der Waals surface area contributed by atoms with E-state index in [1.807, 2.05) is 12.1 Å². The molecule has 1 rings (SSSR count). The molecule has 138 valence electrons. The van der Waals surface area contributed by atoms with Gasteiger partial charge in [0.1, 0.15) is 5.75 Å². The van der Waals surface area contributed by atoms with Crippen molar-refractivity contribution in [3.05, 3.63) is 24.3 Å². The highest BCUT2D eigenvalue weighted by molar-refractivity contribution is 6.18. The van der Waals surface area contributed by atoms with Crippen LogP contribution in [0.1, 0.15) is 58.3 Å². The maximum atomic E-state index is 5.85. The van der Waals surface area contributed by atoms with E-state index in [0.29, 0.717) is 11.8 Å². The van der Waals surface area contributed by atoms with E-state index in [4.69, 9.17) is 27.9 Å². The van der Waals surface area contributed by atoms with Crippen LogP contribution >= 0.6 is 23.2 Å². The van der Waals surface area contributed by atoms with Crippen LogP contribution in [0.4, 0.5) is 5.69 Å². The van der Waals surface area contributed by atoms with Gasteiger partial charge >= 0.3 is 0 Å². The molecule has 0 aliphatic heterocycles. The van der Waals surface area contributed by atoms with E-state index in [1.165, 1.54) is 44.9 Å². The lowest BCUT2D eigenvalue weighted by Gasteiger charge is -2.23. The van der Waals surface area contributed by atoms with E-state index in [-0.39, 0.29) is 0 Å². The highest BCUT2D eigenvalue weighted by atomic mass is 35.5. The number of hydrogen-bond donors (Lipinski definition) is 0. The third kappa shape index (κ3) is 9.64. The fourth-order valence-corrected chi connectivity index (χ4v) is 3.16. The zero-order chi connectivity index (χ0) is 17.5. The number of anilines is 1. The second-order valence-electron chi connectivity index (χ2n) is 6.18. The van der Waals surface area contributed by atoms with E-state index < -0.39 is 0 Å². The molecule has 0 aliphatic rings. The fraction of sp³-hybridized carbons (Fsp3) is 0.700. The largest absolute Gasteiger partial charge is 0.494 e. The topological polar surface area (TPSA) is 12.5 Å². The molecule has 2 nitrogen and oxygen atoms in total. The summed E-state index contributed by atoms with van der Waals surface area (Å²) in [5.41, 5.74) is 1.15. The minimum atomic E-state index is 0.605. The third-order valence-corrected chi connectivity index (χ3v) is 4.52. The highest BCUT2D eigenvalue weighted by Gasteiger charge is 2.05. The Morgan fingerprint density at radius 1 is 0.792 bits per heavy atom. The lowest BCUT2D eigenvalue weighted by Crippen LogP contribution is -2.27. The second kappa shape index (κ2) is 14.7. The molecule has 0 spiro atoms. The first-order chi connectivity index (χ1) is 11.8. The lowest BCUT2D eigenvalue weighted by molar-refractivity contribution is 0.304. The van der Waals surface area contributed by atoms with Crippen molar-refractivity contribution in [1.29, 1.82) is 0 Å². The van der Waals surface area contributed by atoms with E-state index in [2.05, 4.69) is 24.0 Å². The van der Waals surface area contributed by atoms with Crippen molar-refractivity contribution in [2.45, 2.75) is 58.3 Å². The maximum Gasteiger partial charge on any atom is 0.119 e. The van der Waals surface area contributed by atoms with Crippen LogP contribution in [0, 0.1) is 0 Å². The Balaban J connectivity index is 2.17. The zero-order valence-corrected chi connectivity index (χ0v) is 16.6. The average Bonchev–Trinajstić information content (AvgIpc) is 2.61. The Labute approximate surface area is 158 Å². The number of benzene rings is 1. The minimum Gasteiger partial charge on any atom is -0.494 e. The van der Waals surface area contributed by atoms with Gasteiger partial charge in [-0.1, -0.05) is 51.9 Å². The summed E-state index contributed by atoms with van der Waals surface area (Å²) in [4.78, 5) is 2.20. The summed E-state index contributed by atoms with van der Waals surface area (Å²) in [6.07, 6.45) is 10.6. The van der Waals surface area contributed by atoms with Crippen LogP contribution in [0.3, 0.4) is 0 Å². The molecule has 1 aromatic rings. The van der Waals surface area contributed by atoms with Crippen LogP contribution in [-0.2, 0) is 0 Å². The number of unbranched alkanes of at least 4 members (excludes halogenated alkanes) is 7. The highest BCUT2D eigenvalue weighted by Crippen LogP contribution is 2.20. The van der Waals surface area contributed by atoms with Gasteiger partial charge in [-0.05, 0) is 30.7 Å². The van der Waals surface area contributed by atoms with Gasteiger partial charge in [0.2, 0.25) is 0 Å². The average molecular weight is 374 g/mol. The van der Waals surface area contributed by atoms with E-state index >= 15 is 0 Å². The quantitative estimate of drug-likeness (QED) is 0.257. The van der Waals surface area contributed by atoms with Crippen LogP contribution in [0.5, 0.6) is 5.75 Å². The Morgan fingerprint density at radius 2 is 1.33 bits per heavy atom. The molecule has 0 unspecified atom stereocenters. The van der Waals surface area contributed by atoms with Crippen LogP contribution in [0.2, 0.25) is 0 Å². The number of alkyl halides is 2. The summed E-state index contributed by atoms with van der Waals surface area (Å²) >= 11 is 11.7. The lowest BCUT2D eigenvalue weighted by atomic mass is 10.1. The number of hydrogen-bond acceptors (Lipinski definition) is 2. The van der Waals surface area contributed by atoms with E-state index in [0.717, 1.165) is 37.6 Å². The molecule has 24 heavy (non-hydrogen) atoms. The van der Waals surface area contributed by atoms with Crippen LogP contribution in [0.15, 0.2) is 24.3 Å². The summed E-state index contributed by atoms with van der Waals surface area (Å²) in [7, 11) is 0. The summed E-state index contributed by atoms with van der Waals surface area (Å²) in [6, 6.07) is 8.25. The molecule has 0 amide bonds. The number of halogens is 2. The Morgan fingerprint density at radius 3 is 1.88 bits per heavy atom. The van der Waals surface area contributed by atoms with Crippen molar-refractivity contribution < 1.29 is 4.74 Å². The monoisotopic (exact) mass is 373 g/mol. The number of nitrogens with zero attached hydrogens (tertiary/aromatic N) is 1. The number of ether oxygens (including phenoxy) is 1. The van der Waals surface area contributed by atoms with Gasteiger partial charge in [-0.25, -0.2) is 0 Å². The molecular weight excluding hydrogens is 341 g/mol. The van der Waals surface area contributed by atoms with Gasteiger partial charge in [-0.2, -0.15) is 0 Å². The van der Waals surface area contributed by atoms with Gasteiger partial charge in [0.15, 0.2) is 0 Å². The van der Waals surface area contributed by atoms with Crippen molar-refractivity contribution in [2.75, 3.05) is 36.4 Å². The molecule has 0 saturated carbocycles. The van der Waals surface area contributed by atoms with Crippen LogP contribution < -0.4 is 9.64 Å². The molecule has 1 aromatic carbocycles. The molecule has 0 aliphatic carbocycles. The Kier molecular flexibility index (Phi) is 13.2. The zero-order valence-electron chi connectivity index (χ0n) is 15.1. The smallest absolute Gasteiger partial charge is 0.119 e. The molecule has 0 aromatic heterocycles. The predicted octanol–water partition coefficient (Wildman–Crippen LogP) is 6.49. The summed E-state index contributed by atoms with van der Waals surface area (Å²) in [5, 5.41) is 0. The molecule has 0 atom stereocenters. The fourth-order valence-electron chi connectivity index (χ4n) is 2.75. The van der Waals surface area contributed by atoms with Crippen molar-refractivity contribution in [1.82, 2.24) is 0 Å². The van der Waals surface area contributed by atoms with Gasteiger partial charge in [0.25, 0.3) is 0 Å². The van der Waals surface area contributed by atoms with Crippen LogP contribution in [0.25, 0.3) is 0 Å². The van der Waals surface area contributed by atoms with Crippen molar-refractivity contribution in [2.24, 2.45) is 0 Å². The van der Waals surface area contributed by atoms with Gasteiger partial charge < -0.3 is 9.64 Å². The summed E-state index contributed by atoms with van der Waals surface area (Å²) in [5.74, 6) is 2.15. The van der Waals surface area contributed by atoms with Gasteiger partial charge in [0.05, 0.1) is 6.61 Å². The maximum absolute atomic E-state index is 5.85.